The van der Waals surface area contributed by atoms with Crippen molar-refractivity contribution >= 4 is 40.7 Å². The highest BCUT2D eigenvalue weighted by Crippen LogP contribution is 2.66. The molecule has 30 heavy (non-hydrogen) atoms. The van der Waals surface area contributed by atoms with Gasteiger partial charge in [0.25, 0.3) is 0 Å². The van der Waals surface area contributed by atoms with Gasteiger partial charge in [0.05, 0.1) is 17.6 Å². The quantitative estimate of drug-likeness (QED) is 0.232. The van der Waals surface area contributed by atoms with Crippen molar-refractivity contribution in [3.05, 3.63) is 22.7 Å². The monoisotopic (exact) mass is 511 g/mol. The van der Waals surface area contributed by atoms with Crippen LogP contribution in [0.5, 0.6) is 0 Å². The van der Waals surface area contributed by atoms with Crippen LogP contribution in [0.2, 0.25) is 0 Å². The van der Waals surface area contributed by atoms with Crippen molar-refractivity contribution in [2.45, 2.75) is 31.6 Å². The van der Waals surface area contributed by atoms with E-state index in [1.807, 2.05) is 0 Å². The molecule has 1 aromatic heterocycles. The molecule has 3 unspecified atom stereocenters. The highest BCUT2D eigenvalue weighted by atomic mass is 35.5. The number of alkyl halides is 1. The maximum Gasteiger partial charge on any atom is 0.488 e. The summed E-state index contributed by atoms with van der Waals surface area (Å²) in [4.78, 5) is 52.0. The van der Waals surface area contributed by atoms with E-state index in [0.717, 1.165) is 0 Å². The van der Waals surface area contributed by atoms with Crippen molar-refractivity contribution in [2.24, 2.45) is 5.92 Å². The third kappa shape index (κ3) is 6.69. The van der Waals surface area contributed by atoms with E-state index < -0.39 is 52.8 Å². The predicted molar refractivity (Wildman–Crippen MR) is 104 cm³/mol. The Morgan fingerprint density at radius 1 is 1.37 bits per heavy atom. The van der Waals surface area contributed by atoms with Gasteiger partial charge >= 0.3 is 28.9 Å². The molecule has 14 nitrogen and oxygen atoms in total. The summed E-state index contributed by atoms with van der Waals surface area (Å²) in [5, 5.41) is 0. The molecule has 2 heterocycles. The van der Waals surface area contributed by atoms with E-state index in [1.165, 1.54) is 23.8 Å². The summed E-state index contributed by atoms with van der Waals surface area (Å²) in [5.41, 5.74) is 3.58. The first-order valence-corrected chi connectivity index (χ1v) is 13.6. The fourth-order valence-corrected chi connectivity index (χ4v) is 7.55. The Morgan fingerprint density at radius 3 is 2.53 bits per heavy atom. The van der Waals surface area contributed by atoms with Crippen LogP contribution in [0.1, 0.15) is 26.0 Å². The lowest BCUT2D eigenvalue weighted by atomic mass is 9.89. The molecule has 6 N–H and O–H groups in total. The second-order valence-corrected chi connectivity index (χ2v) is 11.8. The fraction of sp³-hybridized carbons (Fsp3) is 0.667. The molecule has 0 bridgehead atoms. The lowest BCUT2D eigenvalue weighted by Crippen LogP contribution is -2.41. The summed E-state index contributed by atoms with van der Waals surface area (Å²) in [7, 11) is -15.9. The maximum absolute atomic E-state index is 12.3. The van der Waals surface area contributed by atoms with E-state index in [0.29, 0.717) is 6.42 Å². The van der Waals surface area contributed by atoms with Crippen molar-refractivity contribution in [2.75, 3.05) is 17.8 Å². The van der Waals surface area contributed by atoms with Gasteiger partial charge in [0.15, 0.2) is 0 Å². The Bertz CT molecular complexity index is 984. The summed E-state index contributed by atoms with van der Waals surface area (Å²) < 4.78 is 49.2. The molecule has 1 fully saturated rings. The SMILES string of the molecule is CC(CP(=O)(O)OP(=O)(O)OP(=O)(O)O)[C@]1(CCl)CC[C@H](n2ccc(N)nc2=O)O1. The van der Waals surface area contributed by atoms with Gasteiger partial charge in [-0.25, -0.2) is 18.2 Å². The largest absolute Gasteiger partial charge is 0.488 e. The van der Waals surface area contributed by atoms with E-state index in [-0.39, 0.29) is 18.1 Å². The van der Waals surface area contributed by atoms with Gasteiger partial charge in [0.1, 0.15) is 12.0 Å². The van der Waals surface area contributed by atoms with Gasteiger partial charge in [-0.05, 0) is 24.8 Å². The second kappa shape index (κ2) is 9.09. The molecule has 1 aliphatic heterocycles. The maximum atomic E-state index is 12.3. The number of halogens is 1. The molecule has 1 saturated heterocycles. The summed E-state index contributed by atoms with van der Waals surface area (Å²) in [6.07, 6.45) is 0.406. The van der Waals surface area contributed by atoms with Crippen LogP contribution in [0.4, 0.5) is 5.82 Å². The van der Waals surface area contributed by atoms with Crippen LogP contribution in [-0.4, -0.2) is 46.8 Å². The number of hydrogen-bond acceptors (Lipinski definition) is 9. The highest BCUT2D eigenvalue weighted by molar-refractivity contribution is 7.68. The average molecular weight is 512 g/mol. The zero-order valence-corrected chi connectivity index (χ0v) is 18.9. The number of rotatable bonds is 9. The van der Waals surface area contributed by atoms with Crippen molar-refractivity contribution in [1.29, 1.82) is 0 Å². The minimum Gasteiger partial charge on any atom is -0.383 e. The van der Waals surface area contributed by atoms with Crippen molar-refractivity contribution in [3.8, 4) is 0 Å². The summed E-state index contributed by atoms with van der Waals surface area (Å²) in [6, 6.07) is 1.39. The zero-order valence-electron chi connectivity index (χ0n) is 15.5. The van der Waals surface area contributed by atoms with Crippen LogP contribution in [0, 0.1) is 5.92 Å². The van der Waals surface area contributed by atoms with Gasteiger partial charge in [-0.1, -0.05) is 6.92 Å². The lowest BCUT2D eigenvalue weighted by molar-refractivity contribution is -0.0853. The first-order chi connectivity index (χ1) is 13.6. The van der Waals surface area contributed by atoms with Gasteiger partial charge in [-0.2, -0.15) is 9.29 Å². The molecule has 172 valence electrons. The normalized spacial score (nSPS) is 27.3. The number of nitrogens with zero attached hydrogens (tertiary/aromatic N) is 2. The number of aromatic nitrogens is 2. The molecular weight excluding hydrogens is 491 g/mol. The van der Waals surface area contributed by atoms with Gasteiger partial charge < -0.3 is 30.0 Å². The minimum atomic E-state index is -5.54. The summed E-state index contributed by atoms with van der Waals surface area (Å²) in [5.74, 6) is -0.976. The molecule has 1 aromatic rings. The zero-order chi connectivity index (χ0) is 23.0. The first kappa shape index (κ1) is 25.6. The molecule has 5 atom stereocenters. The van der Waals surface area contributed by atoms with Crippen molar-refractivity contribution in [3.63, 3.8) is 0 Å². The van der Waals surface area contributed by atoms with Crippen molar-refractivity contribution in [1.82, 2.24) is 9.55 Å². The Hall–Kier alpha value is -0.620. The molecule has 0 aromatic carbocycles. The average Bonchev–Trinajstić information content (AvgIpc) is 2.96. The Kier molecular flexibility index (Phi) is 7.77. The van der Waals surface area contributed by atoms with Gasteiger partial charge in [0, 0.05) is 6.20 Å². The van der Waals surface area contributed by atoms with Gasteiger partial charge in [-0.3, -0.25) is 9.13 Å². The Morgan fingerprint density at radius 2 is 2.00 bits per heavy atom. The van der Waals surface area contributed by atoms with Crippen LogP contribution >= 0.6 is 34.8 Å². The molecule has 0 saturated carbocycles. The van der Waals surface area contributed by atoms with Crippen LogP contribution in [0.3, 0.4) is 0 Å². The van der Waals surface area contributed by atoms with Gasteiger partial charge in [0.2, 0.25) is 0 Å². The molecule has 0 aliphatic carbocycles. The van der Waals surface area contributed by atoms with Crippen LogP contribution in [0.15, 0.2) is 17.1 Å². The molecule has 0 amide bonds. The topological polar surface area (TPSA) is 221 Å². The Labute approximate surface area is 175 Å². The molecule has 1 aliphatic rings. The summed E-state index contributed by atoms with van der Waals surface area (Å²) in [6.45, 7) is 1.47. The third-order valence-corrected chi connectivity index (χ3v) is 9.40. The second-order valence-electron chi connectivity index (χ2n) is 6.70. The van der Waals surface area contributed by atoms with E-state index in [2.05, 4.69) is 13.6 Å². The number of nitrogen functional groups attached to an aromatic ring is 1. The summed E-state index contributed by atoms with van der Waals surface area (Å²) >= 11 is 6.03. The molecule has 0 radical (unpaired) electrons. The smallest absolute Gasteiger partial charge is 0.383 e. The molecular formula is C12H21ClN3O11P3. The fourth-order valence-electron chi connectivity index (χ4n) is 3.05. The van der Waals surface area contributed by atoms with Gasteiger partial charge in [-0.15, -0.1) is 11.6 Å². The first-order valence-electron chi connectivity index (χ1n) is 8.29. The minimum absolute atomic E-state index is 0.0237. The molecule has 0 spiro atoms. The molecule has 18 heteroatoms. The van der Waals surface area contributed by atoms with Crippen molar-refractivity contribution < 1.29 is 46.6 Å². The lowest BCUT2D eigenvalue weighted by Gasteiger charge is -2.34. The number of phosphoric acid groups is 2. The van der Waals surface area contributed by atoms with E-state index in [1.54, 1.807) is 0 Å². The van der Waals surface area contributed by atoms with E-state index >= 15 is 0 Å². The standard InChI is InChI=1S/C12H21ClN3O11P3/c1-8(6-28(18,19)26-30(23,24)27-29(20,21)22)12(7-13)4-2-10(25-12)16-5-3-9(14)15-11(16)17/h3,5,8,10H,2,4,6-7H2,1H3,(H,18,19)(H,23,24)(H2,14,15,17)(H2,20,21,22)/t8?,10-,12-/m1/s1. The number of ether oxygens (including phenoxy) is 1. The van der Waals surface area contributed by atoms with E-state index in [9.17, 15) is 28.3 Å². The third-order valence-electron chi connectivity index (χ3n) is 4.42. The van der Waals surface area contributed by atoms with Crippen LogP contribution < -0.4 is 11.4 Å². The molecule has 2 rings (SSSR count). The Balaban J connectivity index is 2.15. The van der Waals surface area contributed by atoms with E-state index in [4.69, 9.17) is 31.9 Å². The number of nitrogens with two attached hydrogens (primary N) is 1. The number of anilines is 1. The predicted octanol–water partition coefficient (Wildman–Crippen LogP) is 1.16. The highest BCUT2D eigenvalue weighted by Gasteiger charge is 2.48. The van der Waals surface area contributed by atoms with Crippen LogP contribution in [0.25, 0.3) is 0 Å². The van der Waals surface area contributed by atoms with Crippen LogP contribution in [-0.2, 0) is 27.1 Å². The number of hydrogen-bond donors (Lipinski definition) is 5.